The van der Waals surface area contributed by atoms with Crippen molar-refractivity contribution in [3.8, 4) is 0 Å². The predicted molar refractivity (Wildman–Crippen MR) is 72.4 cm³/mol. The van der Waals surface area contributed by atoms with Crippen LogP contribution in [0.2, 0.25) is 0 Å². The molecule has 3 heteroatoms. The van der Waals surface area contributed by atoms with Gasteiger partial charge in [0, 0.05) is 4.88 Å². The largest absolute Gasteiger partial charge is 0.308 e. The lowest BCUT2D eigenvalue weighted by atomic mass is 9.81. The molecule has 2 aliphatic carbocycles. The van der Waals surface area contributed by atoms with Crippen LogP contribution in [0, 0.1) is 18.8 Å². The first-order valence-corrected chi connectivity index (χ1v) is 7.67. The molecule has 3 unspecified atom stereocenters. The summed E-state index contributed by atoms with van der Waals surface area (Å²) in [6.07, 6.45) is 6.63. The van der Waals surface area contributed by atoms with E-state index in [-0.39, 0.29) is 5.54 Å². The third kappa shape index (κ3) is 1.59. The van der Waals surface area contributed by atoms with E-state index in [4.69, 9.17) is 4.98 Å². The van der Waals surface area contributed by atoms with Gasteiger partial charge in [-0.2, -0.15) is 0 Å². The topological polar surface area (TPSA) is 24.9 Å². The molecule has 2 bridgehead atoms. The van der Waals surface area contributed by atoms with Crippen LogP contribution in [0.1, 0.15) is 48.2 Å². The fraction of sp³-hybridized carbons (Fsp3) is 0.786. The summed E-state index contributed by atoms with van der Waals surface area (Å²) in [5, 5.41) is 5.00. The third-order valence-corrected chi connectivity index (χ3v) is 6.09. The highest BCUT2D eigenvalue weighted by molar-refractivity contribution is 7.11. The van der Waals surface area contributed by atoms with Crippen molar-refractivity contribution >= 4 is 11.3 Å². The van der Waals surface area contributed by atoms with Crippen LogP contribution in [0.15, 0.2) is 0 Å². The molecule has 0 amide bonds. The zero-order valence-electron chi connectivity index (χ0n) is 11.0. The number of rotatable bonds is 3. The van der Waals surface area contributed by atoms with Gasteiger partial charge in [0.05, 0.1) is 11.2 Å². The predicted octanol–water partition coefficient (Wildman–Crippen LogP) is 3.25. The highest BCUT2D eigenvalue weighted by atomic mass is 32.1. The van der Waals surface area contributed by atoms with Crippen molar-refractivity contribution in [2.24, 2.45) is 11.8 Å². The zero-order valence-corrected chi connectivity index (χ0v) is 11.9. The van der Waals surface area contributed by atoms with E-state index in [0.717, 1.165) is 18.3 Å². The first-order valence-electron chi connectivity index (χ1n) is 6.85. The van der Waals surface area contributed by atoms with E-state index < -0.39 is 0 Å². The van der Waals surface area contributed by atoms with E-state index in [2.05, 4.69) is 26.2 Å². The van der Waals surface area contributed by atoms with Crippen LogP contribution in [0.5, 0.6) is 0 Å². The smallest absolute Gasteiger partial charge is 0.114 e. The van der Waals surface area contributed by atoms with E-state index in [1.165, 1.54) is 41.3 Å². The molecule has 0 aliphatic heterocycles. The zero-order chi connectivity index (χ0) is 12.0. The summed E-state index contributed by atoms with van der Waals surface area (Å²) in [5.41, 5.74) is 1.52. The van der Waals surface area contributed by atoms with Crippen molar-refractivity contribution in [3.05, 3.63) is 15.6 Å². The summed E-state index contributed by atoms with van der Waals surface area (Å²) in [6.45, 7) is 4.43. The Labute approximate surface area is 108 Å². The van der Waals surface area contributed by atoms with Gasteiger partial charge in [0.1, 0.15) is 5.01 Å². The lowest BCUT2D eigenvalue weighted by Gasteiger charge is -2.35. The van der Waals surface area contributed by atoms with Crippen molar-refractivity contribution in [1.82, 2.24) is 10.3 Å². The van der Waals surface area contributed by atoms with E-state index in [1.54, 1.807) is 0 Å². The van der Waals surface area contributed by atoms with Gasteiger partial charge in [-0.15, -0.1) is 11.3 Å². The Morgan fingerprint density at radius 3 is 2.76 bits per heavy atom. The molecule has 1 N–H and O–H groups in total. The molecule has 0 saturated heterocycles. The van der Waals surface area contributed by atoms with Crippen LogP contribution in [-0.4, -0.2) is 12.0 Å². The van der Waals surface area contributed by atoms with Crippen LogP contribution in [0.25, 0.3) is 0 Å². The quantitative estimate of drug-likeness (QED) is 0.891. The van der Waals surface area contributed by atoms with Crippen LogP contribution < -0.4 is 5.32 Å². The standard InChI is InChI=1S/C14H22N2S/c1-4-12-9(2)17-13(16-12)14(15-3)8-10-5-6-11(14)7-10/h10-11,15H,4-8H2,1-3H3. The Morgan fingerprint density at radius 2 is 2.29 bits per heavy atom. The third-order valence-electron chi connectivity index (χ3n) is 4.90. The molecular weight excluding hydrogens is 228 g/mol. The summed E-state index contributed by atoms with van der Waals surface area (Å²) in [7, 11) is 2.13. The van der Waals surface area contributed by atoms with E-state index in [1.807, 2.05) is 11.3 Å². The molecule has 1 aromatic heterocycles. The minimum atomic E-state index is 0.214. The second-order valence-corrected chi connectivity index (χ2v) is 6.88. The summed E-state index contributed by atoms with van der Waals surface area (Å²) in [4.78, 5) is 6.34. The maximum atomic E-state index is 4.93. The van der Waals surface area contributed by atoms with Gasteiger partial charge < -0.3 is 5.32 Å². The molecule has 3 atom stereocenters. The van der Waals surface area contributed by atoms with Crippen molar-refractivity contribution in [2.75, 3.05) is 7.05 Å². The lowest BCUT2D eigenvalue weighted by Crippen LogP contribution is -2.44. The average Bonchev–Trinajstić information content (AvgIpc) is 3.01. The molecule has 2 fully saturated rings. The number of nitrogens with one attached hydrogen (secondary N) is 1. The Morgan fingerprint density at radius 1 is 1.47 bits per heavy atom. The highest BCUT2D eigenvalue weighted by Crippen LogP contribution is 2.56. The fourth-order valence-electron chi connectivity index (χ4n) is 3.95. The van der Waals surface area contributed by atoms with E-state index >= 15 is 0 Å². The molecule has 1 aromatic rings. The maximum Gasteiger partial charge on any atom is 0.114 e. The summed E-state index contributed by atoms with van der Waals surface area (Å²) < 4.78 is 0. The number of thiazole rings is 1. The summed E-state index contributed by atoms with van der Waals surface area (Å²) >= 11 is 1.93. The number of nitrogens with zero attached hydrogens (tertiary/aromatic N) is 1. The van der Waals surface area contributed by atoms with E-state index in [9.17, 15) is 0 Å². The summed E-state index contributed by atoms with van der Waals surface area (Å²) in [5.74, 6) is 1.77. The fourth-order valence-corrected chi connectivity index (χ4v) is 5.24. The molecule has 1 heterocycles. The minimum absolute atomic E-state index is 0.214. The first-order chi connectivity index (χ1) is 8.19. The van der Waals surface area contributed by atoms with Gasteiger partial charge in [0.25, 0.3) is 0 Å². The molecule has 2 aliphatic rings. The van der Waals surface area contributed by atoms with Gasteiger partial charge >= 0.3 is 0 Å². The number of aromatic nitrogens is 1. The number of aryl methyl sites for hydroxylation is 2. The van der Waals surface area contributed by atoms with Crippen LogP contribution in [0.3, 0.4) is 0 Å². The van der Waals surface area contributed by atoms with Crippen molar-refractivity contribution in [1.29, 1.82) is 0 Å². The number of hydrogen-bond acceptors (Lipinski definition) is 3. The normalized spacial score (nSPS) is 35.7. The molecule has 3 rings (SSSR count). The monoisotopic (exact) mass is 250 g/mol. The molecule has 0 aromatic carbocycles. The molecule has 0 radical (unpaired) electrons. The van der Waals surface area contributed by atoms with Crippen molar-refractivity contribution in [2.45, 2.75) is 51.5 Å². The van der Waals surface area contributed by atoms with Crippen molar-refractivity contribution in [3.63, 3.8) is 0 Å². The summed E-state index contributed by atoms with van der Waals surface area (Å²) in [6, 6.07) is 0. The maximum absolute atomic E-state index is 4.93. The average molecular weight is 250 g/mol. The van der Waals surface area contributed by atoms with Gasteiger partial charge in [-0.25, -0.2) is 4.98 Å². The Balaban J connectivity index is 2.00. The molecule has 2 nitrogen and oxygen atoms in total. The van der Waals surface area contributed by atoms with Crippen LogP contribution in [-0.2, 0) is 12.0 Å². The molecule has 2 saturated carbocycles. The van der Waals surface area contributed by atoms with Gasteiger partial charge in [0.2, 0.25) is 0 Å². The van der Waals surface area contributed by atoms with Crippen LogP contribution >= 0.6 is 11.3 Å². The molecule has 94 valence electrons. The second-order valence-electron chi connectivity index (χ2n) is 5.68. The number of hydrogen-bond donors (Lipinski definition) is 1. The SMILES string of the molecule is CCc1nc(C2(NC)CC3CCC2C3)sc1C. The molecule has 0 spiro atoms. The van der Waals surface area contributed by atoms with Gasteiger partial charge in [-0.1, -0.05) is 13.3 Å². The Bertz CT molecular complexity index is 426. The van der Waals surface area contributed by atoms with Gasteiger partial charge in [-0.05, 0) is 51.5 Å². The van der Waals surface area contributed by atoms with Gasteiger partial charge in [-0.3, -0.25) is 0 Å². The second kappa shape index (κ2) is 4.06. The van der Waals surface area contributed by atoms with Gasteiger partial charge in [0.15, 0.2) is 0 Å². The Hall–Kier alpha value is -0.410. The molecular formula is C14H22N2S. The molecule has 17 heavy (non-hydrogen) atoms. The Kier molecular flexibility index (Phi) is 2.79. The number of fused-ring (bicyclic) bond motifs is 2. The highest BCUT2D eigenvalue weighted by Gasteiger charge is 2.52. The first kappa shape index (κ1) is 11.7. The van der Waals surface area contributed by atoms with Crippen LogP contribution in [0.4, 0.5) is 0 Å². The van der Waals surface area contributed by atoms with E-state index in [0.29, 0.717) is 0 Å². The van der Waals surface area contributed by atoms with Crippen molar-refractivity contribution < 1.29 is 0 Å². The lowest BCUT2D eigenvalue weighted by molar-refractivity contribution is 0.224. The minimum Gasteiger partial charge on any atom is -0.308 e.